The van der Waals surface area contributed by atoms with Gasteiger partial charge in [-0.05, 0) is 73.5 Å². The van der Waals surface area contributed by atoms with Crippen molar-refractivity contribution in [1.29, 1.82) is 0 Å². The third kappa shape index (κ3) is 3.75. The Bertz CT molecular complexity index is 1170. The molecule has 138 valence electrons. The first-order valence-electron chi connectivity index (χ1n) is 8.97. The van der Waals surface area contributed by atoms with E-state index in [1.165, 1.54) is 22.9 Å². The molecule has 0 unspecified atom stereocenters. The molecule has 4 rings (SSSR count). The minimum Gasteiger partial charge on any atom is -0.321 e. The fraction of sp³-hybridized carbons (Fsp3) is 0.0870. The van der Waals surface area contributed by atoms with Crippen LogP contribution in [0.3, 0.4) is 0 Å². The van der Waals surface area contributed by atoms with E-state index in [2.05, 4.69) is 47.3 Å². The van der Waals surface area contributed by atoms with Gasteiger partial charge in [-0.2, -0.15) is 0 Å². The van der Waals surface area contributed by atoms with Crippen LogP contribution in [0.15, 0.2) is 83.0 Å². The zero-order valence-electron chi connectivity index (χ0n) is 15.6. The van der Waals surface area contributed by atoms with E-state index >= 15 is 0 Å². The van der Waals surface area contributed by atoms with E-state index in [4.69, 9.17) is 0 Å². The van der Waals surface area contributed by atoms with Crippen LogP contribution in [-0.2, 0) is 0 Å². The zero-order chi connectivity index (χ0) is 19.5. The van der Waals surface area contributed by atoms with Crippen LogP contribution in [0.25, 0.3) is 10.9 Å². The molecule has 0 saturated heterocycles. The van der Waals surface area contributed by atoms with Gasteiger partial charge in [0.1, 0.15) is 5.03 Å². The van der Waals surface area contributed by atoms with Gasteiger partial charge in [-0.25, -0.2) is 4.98 Å². The molecule has 0 atom stereocenters. The van der Waals surface area contributed by atoms with Crippen molar-refractivity contribution in [1.82, 2.24) is 9.97 Å². The summed E-state index contributed by atoms with van der Waals surface area (Å²) in [7, 11) is 0. The molecule has 0 radical (unpaired) electrons. The number of hydrogen-bond acceptors (Lipinski definition) is 4. The molecule has 0 fully saturated rings. The number of aromatic nitrogens is 2. The Morgan fingerprint density at radius 2 is 1.71 bits per heavy atom. The molecule has 2 heterocycles. The third-order valence-electron chi connectivity index (χ3n) is 4.60. The quantitative estimate of drug-likeness (QED) is 0.493. The molecule has 5 heteroatoms. The van der Waals surface area contributed by atoms with Crippen molar-refractivity contribution in [2.24, 2.45) is 0 Å². The van der Waals surface area contributed by atoms with Gasteiger partial charge in [0.05, 0.1) is 16.8 Å². The Morgan fingerprint density at radius 3 is 2.57 bits per heavy atom. The predicted molar refractivity (Wildman–Crippen MR) is 114 cm³/mol. The summed E-state index contributed by atoms with van der Waals surface area (Å²) in [5.74, 6) is -0.184. The largest absolute Gasteiger partial charge is 0.321 e. The Balaban J connectivity index is 1.64. The van der Waals surface area contributed by atoms with E-state index in [1.54, 1.807) is 24.5 Å². The normalized spacial score (nSPS) is 10.8. The summed E-state index contributed by atoms with van der Waals surface area (Å²) < 4.78 is 0. The van der Waals surface area contributed by atoms with Gasteiger partial charge in [-0.15, -0.1) is 0 Å². The average molecular weight is 385 g/mol. The van der Waals surface area contributed by atoms with E-state index in [0.29, 0.717) is 10.6 Å². The standard InChI is InChI=1S/C23H19N3OS/c1-15-10-11-17(14-16(15)2)28-23-19(7-5-13-25-23)22(27)26-21-9-3-8-20-18(21)6-4-12-24-20/h3-14H,1-2H3,(H,26,27). The van der Waals surface area contributed by atoms with Crippen LogP contribution in [0.1, 0.15) is 21.5 Å². The number of rotatable bonds is 4. The van der Waals surface area contributed by atoms with Gasteiger partial charge in [0.2, 0.25) is 0 Å². The summed E-state index contributed by atoms with van der Waals surface area (Å²) in [5, 5.41) is 4.61. The Labute approximate surface area is 168 Å². The molecule has 4 aromatic rings. The summed E-state index contributed by atoms with van der Waals surface area (Å²) in [6, 6.07) is 19.4. The first kappa shape index (κ1) is 18.2. The number of benzene rings is 2. The summed E-state index contributed by atoms with van der Waals surface area (Å²) in [6.07, 6.45) is 3.45. The Kier molecular flexibility index (Phi) is 5.08. The molecule has 0 aliphatic heterocycles. The van der Waals surface area contributed by atoms with Crippen LogP contribution in [0.2, 0.25) is 0 Å². The fourth-order valence-electron chi connectivity index (χ4n) is 2.94. The second-order valence-electron chi connectivity index (χ2n) is 6.53. The highest BCUT2D eigenvalue weighted by molar-refractivity contribution is 7.99. The molecule has 2 aromatic carbocycles. The van der Waals surface area contributed by atoms with Crippen molar-refractivity contribution in [3.63, 3.8) is 0 Å². The van der Waals surface area contributed by atoms with Gasteiger partial charge in [0, 0.05) is 22.7 Å². The van der Waals surface area contributed by atoms with Gasteiger partial charge < -0.3 is 5.32 Å². The number of pyridine rings is 2. The van der Waals surface area contributed by atoms with Gasteiger partial charge in [0.25, 0.3) is 5.91 Å². The highest BCUT2D eigenvalue weighted by Crippen LogP contribution is 2.31. The van der Waals surface area contributed by atoms with Crippen molar-refractivity contribution >= 4 is 34.3 Å². The van der Waals surface area contributed by atoms with Gasteiger partial charge in [-0.3, -0.25) is 9.78 Å². The molecule has 4 nitrogen and oxygen atoms in total. The average Bonchev–Trinajstić information content (AvgIpc) is 2.71. The van der Waals surface area contributed by atoms with Crippen LogP contribution < -0.4 is 5.32 Å². The number of carbonyl (C=O) groups is 1. The predicted octanol–water partition coefficient (Wildman–Crippen LogP) is 5.65. The lowest BCUT2D eigenvalue weighted by molar-refractivity contribution is 0.102. The highest BCUT2D eigenvalue weighted by atomic mass is 32.2. The molecular weight excluding hydrogens is 366 g/mol. The minimum absolute atomic E-state index is 0.184. The second-order valence-corrected chi connectivity index (χ2v) is 7.60. The molecule has 0 saturated carbocycles. The molecule has 0 aliphatic carbocycles. The summed E-state index contributed by atoms with van der Waals surface area (Å²) in [4.78, 5) is 22.8. The first-order valence-corrected chi connectivity index (χ1v) is 9.79. The minimum atomic E-state index is -0.184. The number of carbonyl (C=O) groups excluding carboxylic acids is 1. The lowest BCUT2D eigenvalue weighted by Crippen LogP contribution is -2.14. The van der Waals surface area contributed by atoms with Crippen molar-refractivity contribution < 1.29 is 4.79 Å². The maximum absolute atomic E-state index is 13.0. The topological polar surface area (TPSA) is 54.9 Å². The lowest BCUT2D eigenvalue weighted by Gasteiger charge is -2.11. The number of nitrogens with zero attached hydrogens (tertiary/aromatic N) is 2. The molecule has 2 aromatic heterocycles. The van der Waals surface area contributed by atoms with E-state index in [0.717, 1.165) is 21.5 Å². The summed E-state index contributed by atoms with van der Waals surface area (Å²) >= 11 is 1.50. The lowest BCUT2D eigenvalue weighted by atomic mass is 10.1. The van der Waals surface area contributed by atoms with E-state index in [-0.39, 0.29) is 5.91 Å². The van der Waals surface area contributed by atoms with E-state index in [9.17, 15) is 4.79 Å². The number of fused-ring (bicyclic) bond motifs is 1. The van der Waals surface area contributed by atoms with Crippen LogP contribution in [0.4, 0.5) is 5.69 Å². The molecule has 0 bridgehead atoms. The Hall–Kier alpha value is -3.18. The maximum atomic E-state index is 13.0. The van der Waals surface area contributed by atoms with E-state index in [1.807, 2.05) is 30.3 Å². The zero-order valence-corrected chi connectivity index (χ0v) is 16.5. The molecular formula is C23H19N3OS. The number of anilines is 1. The SMILES string of the molecule is Cc1ccc(Sc2ncccc2C(=O)Nc2cccc3ncccc23)cc1C. The monoisotopic (exact) mass is 385 g/mol. The van der Waals surface area contributed by atoms with Gasteiger partial charge in [-0.1, -0.05) is 23.9 Å². The van der Waals surface area contributed by atoms with Crippen molar-refractivity contribution in [3.8, 4) is 0 Å². The fourth-order valence-corrected chi connectivity index (χ4v) is 3.92. The molecule has 1 N–H and O–H groups in total. The molecule has 0 spiro atoms. The summed E-state index contributed by atoms with van der Waals surface area (Å²) in [5.41, 5.74) is 4.59. The highest BCUT2D eigenvalue weighted by Gasteiger charge is 2.15. The van der Waals surface area contributed by atoms with Crippen LogP contribution in [0, 0.1) is 13.8 Å². The van der Waals surface area contributed by atoms with E-state index < -0.39 is 0 Å². The maximum Gasteiger partial charge on any atom is 0.258 e. The van der Waals surface area contributed by atoms with Crippen molar-refractivity contribution in [2.75, 3.05) is 5.32 Å². The number of hydrogen-bond donors (Lipinski definition) is 1. The van der Waals surface area contributed by atoms with Crippen molar-refractivity contribution in [2.45, 2.75) is 23.8 Å². The van der Waals surface area contributed by atoms with Crippen molar-refractivity contribution in [3.05, 3.63) is 89.7 Å². The Morgan fingerprint density at radius 1 is 0.893 bits per heavy atom. The van der Waals surface area contributed by atoms with Crippen LogP contribution >= 0.6 is 11.8 Å². The first-order chi connectivity index (χ1) is 13.6. The van der Waals surface area contributed by atoms with Crippen LogP contribution in [0.5, 0.6) is 0 Å². The molecule has 28 heavy (non-hydrogen) atoms. The number of aryl methyl sites for hydroxylation is 2. The third-order valence-corrected chi connectivity index (χ3v) is 5.61. The number of amides is 1. The van der Waals surface area contributed by atoms with Gasteiger partial charge >= 0.3 is 0 Å². The summed E-state index contributed by atoms with van der Waals surface area (Å²) in [6.45, 7) is 4.17. The van der Waals surface area contributed by atoms with Gasteiger partial charge in [0.15, 0.2) is 0 Å². The molecule has 1 amide bonds. The smallest absolute Gasteiger partial charge is 0.258 e. The van der Waals surface area contributed by atoms with Crippen LogP contribution in [-0.4, -0.2) is 15.9 Å². The number of nitrogens with one attached hydrogen (secondary N) is 1. The molecule has 0 aliphatic rings. The second kappa shape index (κ2) is 7.82.